The van der Waals surface area contributed by atoms with Gasteiger partial charge >= 0.3 is 0 Å². The van der Waals surface area contributed by atoms with E-state index in [0.717, 1.165) is 11.3 Å². The summed E-state index contributed by atoms with van der Waals surface area (Å²) in [6, 6.07) is 11.8. The van der Waals surface area contributed by atoms with Gasteiger partial charge in [0.2, 0.25) is 5.88 Å². The summed E-state index contributed by atoms with van der Waals surface area (Å²) in [7, 11) is 4.00. The second kappa shape index (κ2) is 7.28. The Morgan fingerprint density at radius 2 is 1.91 bits per heavy atom. The number of nitrogens with zero attached hydrogens (tertiary/aromatic N) is 5. The Morgan fingerprint density at radius 3 is 2.62 bits per heavy atom. The van der Waals surface area contributed by atoms with E-state index in [4.69, 9.17) is 14.1 Å². The lowest BCUT2D eigenvalue weighted by atomic mass is 9.71. The first-order valence-electron chi connectivity index (χ1n) is 11.3. The van der Waals surface area contributed by atoms with Crippen molar-refractivity contribution in [3.63, 3.8) is 0 Å². The van der Waals surface area contributed by atoms with Crippen LogP contribution in [0.4, 0.5) is 5.69 Å². The van der Waals surface area contributed by atoms with E-state index in [0.29, 0.717) is 52.8 Å². The summed E-state index contributed by atoms with van der Waals surface area (Å²) in [5.41, 5.74) is 3.75. The molecule has 1 atom stereocenters. The van der Waals surface area contributed by atoms with Crippen LogP contribution in [0.5, 0.6) is 5.88 Å². The fourth-order valence-electron chi connectivity index (χ4n) is 4.92. The van der Waals surface area contributed by atoms with E-state index >= 15 is 0 Å². The molecule has 4 aromatic rings. The fraction of sp³-hybridized carbons (Fsp3) is 0.308. The second-order valence-corrected chi connectivity index (χ2v) is 9.94. The third-order valence-electron chi connectivity index (χ3n) is 6.53. The van der Waals surface area contributed by atoms with Crippen LogP contribution in [0.2, 0.25) is 0 Å². The molecule has 6 rings (SSSR count). The number of hydrogen-bond donors (Lipinski definition) is 0. The summed E-state index contributed by atoms with van der Waals surface area (Å²) in [4.78, 5) is 24.8. The molecule has 0 spiro atoms. The van der Waals surface area contributed by atoms with Crippen LogP contribution in [0.1, 0.15) is 43.9 Å². The molecule has 8 heteroatoms. The van der Waals surface area contributed by atoms with E-state index < -0.39 is 5.92 Å². The zero-order valence-electron chi connectivity index (χ0n) is 19.6. The number of anilines is 1. The van der Waals surface area contributed by atoms with Gasteiger partial charge in [-0.15, -0.1) is 5.10 Å². The smallest absolute Gasteiger partial charge is 0.228 e. The van der Waals surface area contributed by atoms with Gasteiger partial charge in [-0.2, -0.15) is 0 Å². The van der Waals surface area contributed by atoms with Gasteiger partial charge < -0.3 is 14.1 Å². The molecule has 4 heterocycles. The number of rotatable bonds is 3. The molecule has 0 amide bonds. The van der Waals surface area contributed by atoms with Crippen molar-refractivity contribution in [1.29, 1.82) is 0 Å². The highest BCUT2D eigenvalue weighted by Gasteiger charge is 2.45. The highest BCUT2D eigenvalue weighted by Crippen LogP contribution is 2.50. The topological polar surface area (TPSA) is 85.8 Å². The zero-order chi connectivity index (χ0) is 23.6. The zero-order valence-corrected chi connectivity index (χ0v) is 19.6. The quantitative estimate of drug-likeness (QED) is 0.446. The monoisotopic (exact) mass is 455 g/mol. The predicted octanol–water partition coefficient (Wildman–Crippen LogP) is 4.62. The number of carbonyl (C=O) groups is 1. The summed E-state index contributed by atoms with van der Waals surface area (Å²) in [6.07, 6.45) is 4.35. The van der Waals surface area contributed by atoms with Crippen molar-refractivity contribution >= 4 is 17.1 Å². The molecule has 1 aliphatic carbocycles. The van der Waals surface area contributed by atoms with Crippen LogP contribution in [0.25, 0.3) is 17.0 Å². The number of hydrogen-bond acceptors (Lipinski definition) is 7. The molecule has 0 N–H and O–H groups in total. The van der Waals surface area contributed by atoms with Crippen LogP contribution in [-0.2, 0) is 4.79 Å². The Morgan fingerprint density at radius 1 is 1.12 bits per heavy atom. The van der Waals surface area contributed by atoms with Crippen molar-refractivity contribution in [2.24, 2.45) is 5.41 Å². The molecule has 3 aromatic heterocycles. The molecule has 0 radical (unpaired) electrons. The van der Waals surface area contributed by atoms with Crippen LogP contribution in [0.3, 0.4) is 0 Å². The number of ether oxygens (including phenoxy) is 1. The molecule has 2 aliphatic rings. The average molecular weight is 456 g/mol. The SMILES string of the molecule is CN(C)c1ccc(-c2nc3c4c(ncn3n2)OC2=C(C(=O)CC(C)(C)C2)[C@@H]4c2ccco2)cc1. The van der Waals surface area contributed by atoms with Gasteiger partial charge in [0.05, 0.1) is 17.7 Å². The molecule has 8 nitrogen and oxygen atoms in total. The van der Waals surface area contributed by atoms with Crippen LogP contribution in [0, 0.1) is 5.41 Å². The van der Waals surface area contributed by atoms with E-state index in [1.807, 2.05) is 55.4 Å². The molecule has 0 saturated heterocycles. The summed E-state index contributed by atoms with van der Waals surface area (Å²) >= 11 is 0. The van der Waals surface area contributed by atoms with Crippen LogP contribution >= 0.6 is 0 Å². The molecule has 34 heavy (non-hydrogen) atoms. The van der Waals surface area contributed by atoms with E-state index in [9.17, 15) is 4.79 Å². The third-order valence-corrected chi connectivity index (χ3v) is 6.53. The third kappa shape index (κ3) is 3.21. The summed E-state index contributed by atoms with van der Waals surface area (Å²) < 4.78 is 13.7. The minimum atomic E-state index is -0.443. The normalized spacial score (nSPS) is 19.1. The van der Waals surface area contributed by atoms with Gasteiger partial charge in [-0.25, -0.2) is 14.5 Å². The lowest BCUT2D eigenvalue weighted by Gasteiger charge is -2.36. The minimum Gasteiger partial charge on any atom is -0.468 e. The molecule has 0 saturated carbocycles. The highest BCUT2D eigenvalue weighted by molar-refractivity contribution is 6.00. The lowest BCUT2D eigenvalue weighted by molar-refractivity contribution is -0.118. The van der Waals surface area contributed by atoms with E-state index in [2.05, 4.69) is 23.9 Å². The number of fused-ring (bicyclic) bond motifs is 3. The van der Waals surface area contributed by atoms with Crippen LogP contribution < -0.4 is 9.64 Å². The Kier molecular flexibility index (Phi) is 4.42. The van der Waals surface area contributed by atoms with Crippen LogP contribution in [0.15, 0.2) is 64.7 Å². The van der Waals surface area contributed by atoms with Gasteiger partial charge in [-0.3, -0.25) is 4.79 Å². The Hall–Kier alpha value is -3.94. The number of allylic oxidation sites excluding steroid dienone is 2. The van der Waals surface area contributed by atoms with Crippen molar-refractivity contribution in [1.82, 2.24) is 19.6 Å². The second-order valence-electron chi connectivity index (χ2n) is 9.94. The lowest BCUT2D eigenvalue weighted by Crippen LogP contribution is -2.33. The fourth-order valence-corrected chi connectivity index (χ4v) is 4.92. The van der Waals surface area contributed by atoms with Crippen molar-refractivity contribution in [2.45, 2.75) is 32.6 Å². The molecule has 0 bridgehead atoms. The first kappa shape index (κ1) is 20.7. The van der Waals surface area contributed by atoms with Gasteiger partial charge in [-0.1, -0.05) is 13.8 Å². The maximum Gasteiger partial charge on any atom is 0.228 e. The molecule has 0 unspecified atom stereocenters. The predicted molar refractivity (Wildman–Crippen MR) is 127 cm³/mol. The number of benzene rings is 1. The molecule has 1 aromatic carbocycles. The Balaban J connectivity index is 1.53. The Labute approximate surface area is 196 Å². The van der Waals surface area contributed by atoms with Crippen molar-refractivity contribution < 1.29 is 13.9 Å². The standard InChI is InChI=1S/C26H25N5O3/c1-26(2)12-17(32)20-19(13-26)34-25-22(21(20)18-6-5-11-33-18)24-28-23(29-31(24)14-27-25)15-7-9-16(10-8-15)30(3)4/h5-11,14,21H,12-13H2,1-4H3/t21-/m0/s1. The van der Waals surface area contributed by atoms with Gasteiger partial charge in [0.15, 0.2) is 17.3 Å². The highest BCUT2D eigenvalue weighted by atomic mass is 16.5. The van der Waals surface area contributed by atoms with Gasteiger partial charge in [0.1, 0.15) is 17.8 Å². The van der Waals surface area contributed by atoms with Crippen LogP contribution in [-0.4, -0.2) is 39.5 Å². The molecular weight excluding hydrogens is 430 g/mol. The molecular formula is C26H25N5O3. The summed E-state index contributed by atoms with van der Waals surface area (Å²) in [6.45, 7) is 4.16. The van der Waals surface area contributed by atoms with Crippen molar-refractivity contribution in [3.05, 3.63) is 71.6 Å². The number of aromatic nitrogens is 4. The molecule has 1 aliphatic heterocycles. The number of ketones is 1. The van der Waals surface area contributed by atoms with E-state index in [1.165, 1.54) is 0 Å². The molecule has 0 fully saturated rings. The first-order valence-corrected chi connectivity index (χ1v) is 11.3. The minimum absolute atomic E-state index is 0.0688. The average Bonchev–Trinajstić information content (AvgIpc) is 3.47. The van der Waals surface area contributed by atoms with Gasteiger partial charge in [-0.05, 0) is 41.8 Å². The number of carbonyl (C=O) groups excluding carboxylic acids is 1. The van der Waals surface area contributed by atoms with E-state index in [-0.39, 0.29) is 11.2 Å². The maximum absolute atomic E-state index is 13.4. The first-order chi connectivity index (χ1) is 16.3. The number of furan rings is 1. The number of Topliss-reactive ketones (excluding diaryl/α,β-unsaturated/α-hetero) is 1. The summed E-state index contributed by atoms with van der Waals surface area (Å²) in [5.74, 6) is 1.99. The maximum atomic E-state index is 13.4. The van der Waals surface area contributed by atoms with Gasteiger partial charge in [0, 0.05) is 43.8 Å². The Bertz CT molecular complexity index is 1450. The molecule has 172 valence electrons. The van der Waals surface area contributed by atoms with E-state index in [1.54, 1.807) is 17.1 Å². The summed E-state index contributed by atoms with van der Waals surface area (Å²) in [5, 5.41) is 4.67. The largest absolute Gasteiger partial charge is 0.468 e. The van der Waals surface area contributed by atoms with Crippen molar-refractivity contribution in [3.8, 4) is 17.3 Å². The van der Waals surface area contributed by atoms with Gasteiger partial charge in [0.25, 0.3) is 0 Å². The van der Waals surface area contributed by atoms with Crippen molar-refractivity contribution in [2.75, 3.05) is 19.0 Å².